The highest BCUT2D eigenvalue weighted by molar-refractivity contribution is 9.10. The fourth-order valence-electron chi connectivity index (χ4n) is 1.99. The molecule has 0 saturated heterocycles. The number of benzene rings is 2. The maximum atomic E-state index is 13.3. The van der Waals surface area contributed by atoms with Crippen LogP contribution < -0.4 is 15.2 Å². The van der Waals surface area contributed by atoms with Gasteiger partial charge in [-0.05, 0) is 35.4 Å². The highest BCUT2D eigenvalue weighted by Gasteiger charge is 2.18. The molecule has 1 atom stereocenters. The molecule has 0 fully saturated rings. The van der Waals surface area contributed by atoms with Gasteiger partial charge in [0.05, 0.1) is 20.3 Å². The van der Waals surface area contributed by atoms with Crippen LogP contribution in [-0.4, -0.2) is 14.2 Å². The molecular weight excluding hydrogens is 344 g/mol. The monoisotopic (exact) mass is 357 g/mol. The number of hydrogen-bond donors (Lipinski definition) is 1. The van der Waals surface area contributed by atoms with Crippen LogP contribution in [0.25, 0.3) is 0 Å². The van der Waals surface area contributed by atoms with Crippen LogP contribution in [0.3, 0.4) is 0 Å². The Kier molecular flexibility index (Phi) is 4.80. The molecule has 112 valence electrons. The largest absolute Gasteiger partial charge is 0.493 e. The number of halogens is 3. The molecule has 0 aliphatic heterocycles. The number of nitrogens with two attached hydrogens (primary N) is 1. The summed E-state index contributed by atoms with van der Waals surface area (Å²) >= 11 is 3.40. The highest BCUT2D eigenvalue weighted by Crippen LogP contribution is 2.37. The molecule has 2 rings (SSSR count). The minimum Gasteiger partial charge on any atom is -0.493 e. The standard InChI is InChI=1S/C15H14BrF2NO2/c1-20-13-6-9(10(16)7-14(13)21-2)15(19)8-3-4-11(17)12(18)5-8/h3-7,15H,19H2,1-2H3. The van der Waals surface area contributed by atoms with Gasteiger partial charge in [-0.25, -0.2) is 8.78 Å². The van der Waals surface area contributed by atoms with Crippen molar-refractivity contribution in [3.8, 4) is 11.5 Å². The summed E-state index contributed by atoms with van der Waals surface area (Å²) in [5.41, 5.74) is 7.28. The van der Waals surface area contributed by atoms with E-state index < -0.39 is 17.7 Å². The number of methoxy groups -OCH3 is 2. The summed E-state index contributed by atoms with van der Waals surface area (Å²) in [5.74, 6) is -0.781. The molecule has 2 aromatic rings. The van der Waals surface area contributed by atoms with Crippen molar-refractivity contribution >= 4 is 15.9 Å². The number of ether oxygens (including phenoxy) is 2. The van der Waals surface area contributed by atoms with Gasteiger partial charge in [-0.3, -0.25) is 0 Å². The number of hydrogen-bond acceptors (Lipinski definition) is 3. The van der Waals surface area contributed by atoms with E-state index in [9.17, 15) is 8.78 Å². The van der Waals surface area contributed by atoms with Crippen LogP contribution in [-0.2, 0) is 0 Å². The third-order valence-electron chi connectivity index (χ3n) is 3.14. The molecule has 0 spiro atoms. The van der Waals surface area contributed by atoms with Crippen LogP contribution in [0, 0.1) is 11.6 Å². The molecule has 0 radical (unpaired) electrons. The van der Waals surface area contributed by atoms with Gasteiger partial charge in [-0.1, -0.05) is 22.0 Å². The van der Waals surface area contributed by atoms with Crippen molar-refractivity contribution in [3.05, 3.63) is 57.6 Å². The topological polar surface area (TPSA) is 44.5 Å². The SMILES string of the molecule is COc1cc(Br)c(C(N)c2ccc(F)c(F)c2)cc1OC. The Hall–Kier alpha value is -1.66. The molecule has 3 nitrogen and oxygen atoms in total. The van der Waals surface area contributed by atoms with Gasteiger partial charge in [-0.15, -0.1) is 0 Å². The van der Waals surface area contributed by atoms with Crippen LogP contribution in [0.5, 0.6) is 11.5 Å². The van der Waals surface area contributed by atoms with Crippen molar-refractivity contribution < 1.29 is 18.3 Å². The van der Waals surface area contributed by atoms with Gasteiger partial charge < -0.3 is 15.2 Å². The van der Waals surface area contributed by atoms with Gasteiger partial charge in [0.2, 0.25) is 0 Å². The van der Waals surface area contributed by atoms with Crippen LogP contribution >= 0.6 is 15.9 Å². The van der Waals surface area contributed by atoms with Crippen LogP contribution in [0.1, 0.15) is 17.2 Å². The first-order chi connectivity index (χ1) is 9.97. The third kappa shape index (κ3) is 3.16. The Bertz CT molecular complexity index is 664. The fraction of sp³-hybridized carbons (Fsp3) is 0.200. The molecule has 1 unspecified atom stereocenters. The lowest BCUT2D eigenvalue weighted by Crippen LogP contribution is -2.13. The van der Waals surface area contributed by atoms with Crippen LogP contribution in [0.2, 0.25) is 0 Å². The molecule has 2 N–H and O–H groups in total. The van der Waals surface area contributed by atoms with Crippen LogP contribution in [0.15, 0.2) is 34.8 Å². The molecule has 0 aliphatic rings. The lowest BCUT2D eigenvalue weighted by Gasteiger charge is -2.17. The Morgan fingerprint density at radius 2 is 1.62 bits per heavy atom. The van der Waals surface area contributed by atoms with E-state index in [2.05, 4.69) is 15.9 Å². The first-order valence-corrected chi connectivity index (χ1v) is 6.89. The Morgan fingerprint density at radius 1 is 1.00 bits per heavy atom. The van der Waals surface area contributed by atoms with Gasteiger partial charge in [0.25, 0.3) is 0 Å². The maximum Gasteiger partial charge on any atom is 0.161 e. The zero-order valence-corrected chi connectivity index (χ0v) is 13.1. The van der Waals surface area contributed by atoms with E-state index in [0.29, 0.717) is 27.1 Å². The summed E-state index contributed by atoms with van der Waals surface area (Å²) in [5, 5.41) is 0. The second-order valence-electron chi connectivity index (χ2n) is 4.38. The quantitative estimate of drug-likeness (QED) is 0.905. The van der Waals surface area contributed by atoms with E-state index in [-0.39, 0.29) is 0 Å². The summed E-state index contributed by atoms with van der Waals surface area (Å²) < 4.78 is 37.4. The summed E-state index contributed by atoms with van der Waals surface area (Å²) in [6.45, 7) is 0. The van der Waals surface area contributed by atoms with E-state index in [0.717, 1.165) is 12.1 Å². The lowest BCUT2D eigenvalue weighted by atomic mass is 9.99. The molecule has 21 heavy (non-hydrogen) atoms. The average molecular weight is 358 g/mol. The molecule has 0 amide bonds. The van der Waals surface area contributed by atoms with Crippen molar-refractivity contribution in [2.24, 2.45) is 5.73 Å². The molecule has 6 heteroatoms. The zero-order valence-electron chi connectivity index (χ0n) is 11.5. The summed E-state index contributed by atoms with van der Waals surface area (Å²) in [6.07, 6.45) is 0. The van der Waals surface area contributed by atoms with Gasteiger partial charge in [-0.2, -0.15) is 0 Å². The van der Waals surface area contributed by atoms with E-state index in [1.54, 1.807) is 12.1 Å². The Morgan fingerprint density at radius 3 is 2.19 bits per heavy atom. The predicted molar refractivity (Wildman–Crippen MR) is 79.6 cm³/mol. The molecular formula is C15H14BrF2NO2. The second kappa shape index (κ2) is 6.41. The molecule has 0 heterocycles. The molecule has 0 bridgehead atoms. The van der Waals surface area contributed by atoms with Crippen molar-refractivity contribution in [3.63, 3.8) is 0 Å². The van der Waals surface area contributed by atoms with Crippen LogP contribution in [0.4, 0.5) is 8.78 Å². The minimum absolute atomic E-state index is 0.460. The third-order valence-corrected chi connectivity index (χ3v) is 3.83. The number of rotatable bonds is 4. The Balaban J connectivity index is 2.47. The van der Waals surface area contributed by atoms with E-state index in [4.69, 9.17) is 15.2 Å². The summed E-state index contributed by atoms with van der Waals surface area (Å²) in [6, 6.07) is 6.38. The fourth-order valence-corrected chi connectivity index (χ4v) is 2.56. The van der Waals surface area contributed by atoms with Gasteiger partial charge in [0, 0.05) is 4.47 Å². The van der Waals surface area contributed by atoms with Crippen molar-refractivity contribution in [1.29, 1.82) is 0 Å². The zero-order chi connectivity index (χ0) is 15.6. The second-order valence-corrected chi connectivity index (χ2v) is 5.23. The molecule has 0 aliphatic carbocycles. The first kappa shape index (κ1) is 15.7. The van der Waals surface area contributed by atoms with E-state index >= 15 is 0 Å². The Labute approximate surface area is 129 Å². The predicted octanol–water partition coefficient (Wildman–Crippen LogP) is 3.79. The molecule has 0 saturated carbocycles. The molecule has 0 aromatic heterocycles. The smallest absolute Gasteiger partial charge is 0.161 e. The summed E-state index contributed by atoms with van der Waals surface area (Å²) in [4.78, 5) is 0. The van der Waals surface area contributed by atoms with E-state index in [1.165, 1.54) is 20.3 Å². The maximum absolute atomic E-state index is 13.3. The van der Waals surface area contributed by atoms with Crippen molar-refractivity contribution in [2.75, 3.05) is 14.2 Å². The van der Waals surface area contributed by atoms with Gasteiger partial charge in [0.1, 0.15) is 0 Å². The molecule has 2 aromatic carbocycles. The minimum atomic E-state index is -0.931. The highest BCUT2D eigenvalue weighted by atomic mass is 79.9. The first-order valence-electron chi connectivity index (χ1n) is 6.10. The van der Waals surface area contributed by atoms with Crippen molar-refractivity contribution in [1.82, 2.24) is 0 Å². The normalized spacial score (nSPS) is 12.1. The average Bonchev–Trinajstić information content (AvgIpc) is 2.49. The lowest BCUT2D eigenvalue weighted by molar-refractivity contribution is 0.354. The van der Waals surface area contributed by atoms with Gasteiger partial charge >= 0.3 is 0 Å². The van der Waals surface area contributed by atoms with Gasteiger partial charge in [0.15, 0.2) is 23.1 Å². The summed E-state index contributed by atoms with van der Waals surface area (Å²) in [7, 11) is 3.04. The van der Waals surface area contributed by atoms with E-state index in [1.807, 2.05) is 0 Å². The van der Waals surface area contributed by atoms with Crippen molar-refractivity contribution in [2.45, 2.75) is 6.04 Å².